The molecule has 1 unspecified atom stereocenters. The number of aliphatic hydroxyl groups is 1. The summed E-state index contributed by atoms with van der Waals surface area (Å²) in [5, 5.41) is 10.0. The molecule has 1 saturated carbocycles. The Bertz CT molecular complexity index is 385. The number of nitrogens with zero attached hydrogens (tertiary/aromatic N) is 2. The topological polar surface area (TPSA) is 64.3 Å². The van der Waals surface area contributed by atoms with Crippen LogP contribution < -0.4 is 0 Å². The van der Waals surface area contributed by atoms with E-state index < -0.39 is 6.10 Å². The van der Waals surface area contributed by atoms with Crippen molar-refractivity contribution >= 4 is 5.97 Å². The summed E-state index contributed by atoms with van der Waals surface area (Å²) in [7, 11) is 0. The Hall–Kier alpha value is -1.36. The minimum absolute atomic E-state index is 0.241. The highest BCUT2D eigenvalue weighted by molar-refractivity contribution is 5.69. The van der Waals surface area contributed by atoms with Crippen LogP contribution in [0.25, 0.3) is 0 Å². The lowest BCUT2D eigenvalue weighted by Gasteiger charge is -2.12. The molecule has 0 aliphatic heterocycles. The minimum atomic E-state index is -0.637. The molecule has 17 heavy (non-hydrogen) atoms. The Kier molecular flexibility index (Phi) is 3.78. The smallest absolute Gasteiger partial charge is 0.305 e. The number of rotatable bonds is 6. The first-order valence-electron chi connectivity index (χ1n) is 6.07. The van der Waals surface area contributed by atoms with Gasteiger partial charge in [-0.3, -0.25) is 4.79 Å². The third kappa shape index (κ3) is 3.06. The van der Waals surface area contributed by atoms with E-state index in [1.807, 2.05) is 4.57 Å². The van der Waals surface area contributed by atoms with E-state index in [1.54, 1.807) is 19.4 Å². The quantitative estimate of drug-likeness (QED) is 0.764. The lowest BCUT2D eigenvalue weighted by molar-refractivity contribution is -0.143. The second kappa shape index (κ2) is 5.31. The van der Waals surface area contributed by atoms with E-state index in [1.165, 1.54) is 0 Å². The van der Waals surface area contributed by atoms with E-state index in [0.29, 0.717) is 19.1 Å². The van der Waals surface area contributed by atoms with Gasteiger partial charge in [-0.2, -0.15) is 0 Å². The first kappa shape index (κ1) is 12.1. The predicted molar refractivity (Wildman–Crippen MR) is 61.3 cm³/mol. The van der Waals surface area contributed by atoms with Crippen molar-refractivity contribution in [3.8, 4) is 0 Å². The number of ether oxygens (including phenoxy) is 1. The van der Waals surface area contributed by atoms with Crippen LogP contribution in [0.4, 0.5) is 0 Å². The molecular weight excluding hydrogens is 220 g/mol. The second-order valence-electron chi connectivity index (χ2n) is 4.32. The Morgan fingerprint density at radius 1 is 1.71 bits per heavy atom. The molecule has 5 heteroatoms. The monoisotopic (exact) mass is 238 g/mol. The number of carbonyl (C=O) groups excluding carboxylic acids is 1. The molecule has 0 amide bonds. The Balaban J connectivity index is 1.88. The number of hydrogen-bond acceptors (Lipinski definition) is 4. The average molecular weight is 238 g/mol. The zero-order valence-electron chi connectivity index (χ0n) is 10.0. The summed E-state index contributed by atoms with van der Waals surface area (Å²) in [6.07, 6.45) is 5.71. The summed E-state index contributed by atoms with van der Waals surface area (Å²) in [5.41, 5.74) is 0.803. The molecule has 0 bridgehead atoms. The van der Waals surface area contributed by atoms with Crippen LogP contribution in [0.1, 0.15) is 50.4 Å². The maximum atomic E-state index is 11.2. The highest BCUT2D eigenvalue weighted by Gasteiger charge is 2.27. The van der Waals surface area contributed by atoms with E-state index in [4.69, 9.17) is 4.74 Å². The maximum Gasteiger partial charge on any atom is 0.305 e. The Morgan fingerprint density at radius 3 is 3.12 bits per heavy atom. The normalized spacial score (nSPS) is 16.8. The van der Waals surface area contributed by atoms with Crippen LogP contribution in [0.15, 0.2) is 12.5 Å². The Labute approximate surface area is 100 Å². The zero-order valence-corrected chi connectivity index (χ0v) is 10.0. The van der Waals surface area contributed by atoms with E-state index in [2.05, 4.69) is 4.98 Å². The number of hydrogen-bond donors (Lipinski definition) is 1. The van der Waals surface area contributed by atoms with E-state index in [9.17, 15) is 9.90 Å². The molecule has 1 aromatic heterocycles. The molecule has 1 atom stereocenters. The van der Waals surface area contributed by atoms with Crippen LogP contribution in [0.5, 0.6) is 0 Å². The molecule has 1 N–H and O–H groups in total. The van der Waals surface area contributed by atoms with Gasteiger partial charge in [0.1, 0.15) is 0 Å². The third-order valence-corrected chi connectivity index (χ3v) is 2.90. The van der Waals surface area contributed by atoms with Crippen LogP contribution in [0, 0.1) is 0 Å². The summed E-state index contributed by atoms with van der Waals surface area (Å²) in [6.45, 7) is 2.16. The SMILES string of the molecule is CCOC(=O)CCC(O)c1cncn1C1CC1. The summed E-state index contributed by atoms with van der Waals surface area (Å²) in [6, 6.07) is 0.491. The lowest BCUT2D eigenvalue weighted by Crippen LogP contribution is -2.10. The molecule has 1 aliphatic rings. The van der Waals surface area contributed by atoms with Crippen molar-refractivity contribution in [2.45, 2.75) is 44.8 Å². The average Bonchev–Trinajstić information content (AvgIpc) is 3.04. The Morgan fingerprint density at radius 2 is 2.47 bits per heavy atom. The van der Waals surface area contributed by atoms with Crippen molar-refractivity contribution in [3.05, 3.63) is 18.2 Å². The third-order valence-electron chi connectivity index (χ3n) is 2.90. The summed E-state index contributed by atoms with van der Waals surface area (Å²) >= 11 is 0. The van der Waals surface area contributed by atoms with Gasteiger partial charge >= 0.3 is 5.97 Å². The number of aromatic nitrogens is 2. The molecule has 0 aromatic carbocycles. The van der Waals surface area contributed by atoms with Gasteiger partial charge < -0.3 is 14.4 Å². The van der Waals surface area contributed by atoms with Gasteiger partial charge in [0.05, 0.1) is 30.9 Å². The summed E-state index contributed by atoms with van der Waals surface area (Å²) in [5.74, 6) is -0.260. The molecule has 1 fully saturated rings. The van der Waals surface area contributed by atoms with Crippen molar-refractivity contribution < 1.29 is 14.6 Å². The summed E-state index contributed by atoms with van der Waals surface area (Å²) < 4.78 is 6.84. The molecule has 5 nitrogen and oxygen atoms in total. The van der Waals surface area contributed by atoms with Gasteiger partial charge in [-0.1, -0.05) is 0 Å². The number of aliphatic hydroxyl groups excluding tert-OH is 1. The molecular formula is C12H18N2O3. The number of esters is 1. The van der Waals surface area contributed by atoms with Crippen LogP contribution in [0.2, 0.25) is 0 Å². The van der Waals surface area contributed by atoms with Crippen molar-refractivity contribution in [3.63, 3.8) is 0 Å². The lowest BCUT2D eigenvalue weighted by atomic mass is 10.1. The standard InChI is InChI=1S/C12H18N2O3/c1-2-17-12(16)6-5-11(15)10-7-13-8-14(10)9-3-4-9/h7-9,11,15H,2-6H2,1H3. The molecule has 2 rings (SSSR count). The van der Waals surface area contributed by atoms with E-state index in [0.717, 1.165) is 18.5 Å². The van der Waals surface area contributed by atoms with Crippen LogP contribution >= 0.6 is 0 Å². The van der Waals surface area contributed by atoms with Crippen molar-refractivity contribution in [2.24, 2.45) is 0 Å². The van der Waals surface area contributed by atoms with Crippen LogP contribution in [0.3, 0.4) is 0 Å². The highest BCUT2D eigenvalue weighted by Crippen LogP contribution is 2.37. The van der Waals surface area contributed by atoms with Gasteiger partial charge in [-0.25, -0.2) is 4.98 Å². The van der Waals surface area contributed by atoms with Gasteiger partial charge in [-0.15, -0.1) is 0 Å². The van der Waals surface area contributed by atoms with Crippen molar-refractivity contribution in [2.75, 3.05) is 6.61 Å². The van der Waals surface area contributed by atoms with Crippen molar-refractivity contribution in [1.82, 2.24) is 9.55 Å². The van der Waals surface area contributed by atoms with Gasteiger partial charge in [0.25, 0.3) is 0 Å². The first-order chi connectivity index (χ1) is 8.22. The fourth-order valence-corrected chi connectivity index (χ4v) is 1.87. The van der Waals surface area contributed by atoms with Crippen LogP contribution in [-0.4, -0.2) is 27.2 Å². The summed E-state index contributed by atoms with van der Waals surface area (Å²) in [4.78, 5) is 15.2. The highest BCUT2D eigenvalue weighted by atomic mass is 16.5. The second-order valence-corrected chi connectivity index (χ2v) is 4.32. The fraction of sp³-hybridized carbons (Fsp3) is 0.667. The predicted octanol–water partition coefficient (Wildman–Crippen LogP) is 1.59. The minimum Gasteiger partial charge on any atom is -0.466 e. The van der Waals surface area contributed by atoms with Gasteiger partial charge in [0, 0.05) is 12.5 Å². The molecule has 1 aromatic rings. The molecule has 1 aliphatic carbocycles. The van der Waals surface area contributed by atoms with Gasteiger partial charge in [-0.05, 0) is 26.2 Å². The van der Waals surface area contributed by atoms with Gasteiger partial charge in [0.2, 0.25) is 0 Å². The molecule has 94 valence electrons. The molecule has 0 radical (unpaired) electrons. The van der Waals surface area contributed by atoms with E-state index >= 15 is 0 Å². The number of imidazole rings is 1. The largest absolute Gasteiger partial charge is 0.466 e. The fourth-order valence-electron chi connectivity index (χ4n) is 1.87. The van der Waals surface area contributed by atoms with Crippen LogP contribution in [-0.2, 0) is 9.53 Å². The molecule has 0 spiro atoms. The first-order valence-corrected chi connectivity index (χ1v) is 6.07. The maximum absolute atomic E-state index is 11.2. The molecule has 1 heterocycles. The van der Waals surface area contributed by atoms with E-state index in [-0.39, 0.29) is 12.4 Å². The van der Waals surface area contributed by atoms with Crippen molar-refractivity contribution in [1.29, 1.82) is 0 Å². The zero-order chi connectivity index (χ0) is 12.3. The molecule has 0 saturated heterocycles. The number of carbonyl (C=O) groups is 1. The van der Waals surface area contributed by atoms with Gasteiger partial charge in [0.15, 0.2) is 0 Å².